The van der Waals surface area contributed by atoms with Gasteiger partial charge in [-0.2, -0.15) is 8.42 Å². The van der Waals surface area contributed by atoms with Crippen molar-refractivity contribution in [3.05, 3.63) is 0 Å². The Kier molecular flexibility index (Phi) is 18.8. The van der Waals surface area contributed by atoms with Gasteiger partial charge in [-0.1, -0.05) is 0 Å². The molecule has 1 unspecified atom stereocenters. The Morgan fingerprint density at radius 1 is 1.04 bits per heavy atom. The van der Waals surface area contributed by atoms with Crippen molar-refractivity contribution >= 4 is 71.0 Å². The molecule has 138 valence electrons. The number of carboxylic acids is 2. The van der Waals surface area contributed by atoms with Gasteiger partial charge in [0.25, 0.3) is 10.1 Å². The number of unbranched alkanes of at least 4 members (excludes halogenated alkanes) is 5. The van der Waals surface area contributed by atoms with Crippen molar-refractivity contribution in [1.29, 1.82) is 0 Å². The van der Waals surface area contributed by atoms with Crippen LogP contribution >= 0.6 is 0 Å². The molecule has 3 N–H and O–H groups in total. The molecular formula is C14H27KO8S. The van der Waals surface area contributed by atoms with Gasteiger partial charge in [0.15, 0.2) is 5.25 Å². The van der Waals surface area contributed by atoms with Crippen LogP contribution in [0, 0.1) is 0 Å². The molecule has 0 radical (unpaired) electrons. The topological polar surface area (TPSA) is 138 Å². The van der Waals surface area contributed by atoms with Crippen LogP contribution in [0.5, 0.6) is 0 Å². The molecule has 0 amide bonds. The minimum absolute atomic E-state index is 0.980. The number of carbonyl (C=O) groups is 2. The number of ether oxygens (including phenoxy) is 1. The van der Waals surface area contributed by atoms with Gasteiger partial charge in [-0.25, -0.2) is 0 Å². The molecule has 0 heterocycles. The van der Waals surface area contributed by atoms with Crippen molar-refractivity contribution in [3.63, 3.8) is 0 Å². The molecule has 24 heavy (non-hydrogen) atoms. The Morgan fingerprint density at radius 2 is 1.58 bits per heavy atom. The fourth-order valence-electron chi connectivity index (χ4n) is 1.71. The van der Waals surface area contributed by atoms with Crippen LogP contribution in [0.1, 0.15) is 51.9 Å². The summed E-state index contributed by atoms with van der Waals surface area (Å²) in [4.78, 5) is 20.0. The van der Waals surface area contributed by atoms with Crippen molar-refractivity contribution in [2.24, 2.45) is 0 Å². The quantitative estimate of drug-likeness (QED) is 0.244. The van der Waals surface area contributed by atoms with E-state index in [0.717, 1.165) is 62.2 Å². The van der Waals surface area contributed by atoms with E-state index < -0.39 is 33.7 Å². The Morgan fingerprint density at radius 3 is 1.96 bits per heavy atom. The summed E-state index contributed by atoms with van der Waals surface area (Å²) < 4.78 is 35.4. The first-order valence-corrected chi connectivity index (χ1v) is 11.9. The van der Waals surface area contributed by atoms with Gasteiger partial charge in [-0.3, -0.25) is 14.1 Å². The Hall–Kier alpha value is 0.446. The summed E-state index contributed by atoms with van der Waals surface area (Å²) in [6.07, 6.45) is 7.05. The molecule has 0 aliphatic carbocycles. The number of rotatable bonds is 13. The van der Waals surface area contributed by atoms with Gasteiger partial charge in [0.05, 0.1) is 6.42 Å². The van der Waals surface area contributed by atoms with Crippen molar-refractivity contribution in [3.8, 4) is 0 Å². The van der Waals surface area contributed by atoms with Crippen LogP contribution in [-0.4, -0.2) is 103 Å². The molecule has 0 rings (SSSR count). The first-order valence-electron chi connectivity index (χ1n) is 8.15. The fourth-order valence-corrected chi connectivity index (χ4v) is 2.77. The summed E-state index contributed by atoms with van der Waals surface area (Å²) in [5, 5.41) is 13.9. The minimum atomic E-state index is -4.84. The van der Waals surface area contributed by atoms with E-state index in [1.807, 2.05) is 0 Å². The maximum Gasteiger partial charge on any atom is 0.325 e. The summed E-state index contributed by atoms with van der Waals surface area (Å²) in [5.41, 5.74) is 0. The van der Waals surface area contributed by atoms with E-state index in [4.69, 9.17) is 19.5 Å². The zero-order valence-electron chi connectivity index (χ0n) is 14.4. The summed E-state index contributed by atoms with van der Waals surface area (Å²) >= 11 is 0.980. The summed E-state index contributed by atoms with van der Waals surface area (Å²) in [7, 11) is -4.84. The molecular weight excluding hydrogens is 367 g/mol. The third kappa shape index (κ3) is 18.8. The van der Waals surface area contributed by atoms with E-state index in [1.165, 1.54) is 39.0 Å². The minimum Gasteiger partial charge on any atom is -0.481 e. The largest absolute Gasteiger partial charge is 0.481 e. The van der Waals surface area contributed by atoms with Crippen LogP contribution < -0.4 is 0 Å². The van der Waals surface area contributed by atoms with Gasteiger partial charge in [-0.05, 0) is 0 Å². The first-order chi connectivity index (χ1) is 11.2. The van der Waals surface area contributed by atoms with Gasteiger partial charge >= 0.3 is 125 Å². The Balaban J connectivity index is 0. The fraction of sp³-hybridized carbons (Fsp3) is 0.857. The Bertz CT molecular complexity index is 428. The third-order valence-electron chi connectivity index (χ3n) is 2.99. The molecule has 0 aliphatic heterocycles. The van der Waals surface area contributed by atoms with Gasteiger partial charge in [-0.15, -0.1) is 0 Å². The average molecular weight is 395 g/mol. The molecule has 8 nitrogen and oxygen atoms in total. The van der Waals surface area contributed by atoms with Crippen LogP contribution in [0.15, 0.2) is 0 Å². The molecule has 0 aromatic carbocycles. The van der Waals surface area contributed by atoms with E-state index in [9.17, 15) is 18.0 Å². The maximum absolute atomic E-state index is 10.2. The van der Waals surface area contributed by atoms with Gasteiger partial charge in [0.2, 0.25) is 0 Å². The van der Waals surface area contributed by atoms with Crippen LogP contribution in [-0.2, 0) is 24.4 Å². The number of carboxylic acid groups (broad SMARTS) is 2. The smallest absolute Gasteiger partial charge is 0.325 e. The van der Waals surface area contributed by atoms with E-state index in [1.54, 1.807) is 0 Å². The van der Waals surface area contributed by atoms with Crippen LogP contribution in [0.4, 0.5) is 0 Å². The van der Waals surface area contributed by atoms with Crippen LogP contribution in [0.2, 0.25) is 0.515 Å². The second kappa shape index (κ2) is 16.9. The molecule has 0 fully saturated rings. The zero-order valence-corrected chi connectivity index (χ0v) is 18.4. The third-order valence-corrected chi connectivity index (χ3v) is 4.71. The molecule has 0 saturated carbocycles. The second-order valence-electron chi connectivity index (χ2n) is 5.32. The molecule has 1 atom stereocenters. The van der Waals surface area contributed by atoms with Crippen LogP contribution in [0.25, 0.3) is 0 Å². The monoisotopic (exact) mass is 394 g/mol. The van der Waals surface area contributed by atoms with Gasteiger partial charge < -0.3 is 10.2 Å². The predicted octanol–water partition coefficient (Wildman–Crippen LogP) is 1.75. The SMILES string of the molecule is CCCCCCCCOC[CH2][K].O=C(O)CC(C(=O)O)S(=O)(=O)O. The van der Waals surface area contributed by atoms with Crippen molar-refractivity contribution in [2.45, 2.75) is 57.6 Å². The summed E-state index contributed by atoms with van der Waals surface area (Å²) in [5.74, 6) is -3.50. The van der Waals surface area contributed by atoms with Crippen molar-refractivity contribution in [2.75, 3.05) is 13.2 Å². The molecule has 0 aliphatic rings. The first kappa shape index (κ1) is 26.7. The van der Waals surface area contributed by atoms with E-state index in [-0.39, 0.29) is 0 Å². The van der Waals surface area contributed by atoms with Gasteiger partial charge in [0, 0.05) is 0 Å². The standard InChI is InChI=1S/C10H21O.C4H6O7S.K/c1-3-5-6-7-8-9-10-11-4-2;5-3(6)1-2(4(7)8)12(9,10)11;/h2-10H2,1H3;2H,1H2,(H,5,6)(H,7,8)(H,9,10,11);. The maximum atomic E-state index is 10.2. The molecule has 0 saturated heterocycles. The summed E-state index contributed by atoms with van der Waals surface area (Å²) in [6, 6.07) is 0. The number of hydrogen-bond donors (Lipinski definition) is 3. The molecule has 0 aromatic heterocycles. The van der Waals surface area contributed by atoms with Crippen molar-refractivity contribution < 1.29 is 37.5 Å². The summed E-state index contributed by atoms with van der Waals surface area (Å²) in [6.45, 7) is 4.28. The average Bonchev–Trinajstić information content (AvgIpc) is 2.47. The number of aliphatic carboxylic acids is 2. The van der Waals surface area contributed by atoms with E-state index >= 15 is 0 Å². The van der Waals surface area contributed by atoms with Crippen molar-refractivity contribution in [1.82, 2.24) is 0 Å². The van der Waals surface area contributed by atoms with Crippen LogP contribution in [0.3, 0.4) is 0 Å². The second-order valence-corrected chi connectivity index (χ2v) is 8.48. The zero-order chi connectivity index (χ0) is 19.0. The normalized spacial score (nSPS) is 12.2. The van der Waals surface area contributed by atoms with Gasteiger partial charge in [0.1, 0.15) is 0 Å². The number of hydrogen-bond acceptors (Lipinski definition) is 5. The molecule has 0 bridgehead atoms. The molecule has 10 heteroatoms. The van der Waals surface area contributed by atoms with E-state index in [0.29, 0.717) is 0 Å². The molecule has 0 aromatic rings. The predicted molar refractivity (Wildman–Crippen MR) is 90.0 cm³/mol. The molecule has 0 spiro atoms. The van der Waals surface area contributed by atoms with E-state index in [2.05, 4.69) is 6.92 Å². The Labute approximate surface area is 177 Å².